The van der Waals surface area contributed by atoms with Crippen molar-refractivity contribution in [2.75, 3.05) is 18.0 Å². The number of methoxy groups -OCH3 is 1. The molecule has 3 aromatic rings. The molecule has 2 atom stereocenters. The van der Waals surface area contributed by atoms with Gasteiger partial charge in [0.05, 0.1) is 17.7 Å². The third-order valence-corrected chi connectivity index (χ3v) is 8.79. The van der Waals surface area contributed by atoms with Crippen LogP contribution in [-0.2, 0) is 26.2 Å². The summed E-state index contributed by atoms with van der Waals surface area (Å²) in [7, 11) is -2.68. The van der Waals surface area contributed by atoms with Crippen molar-refractivity contribution in [3.05, 3.63) is 89.4 Å². The van der Waals surface area contributed by atoms with Gasteiger partial charge in [-0.25, -0.2) is 8.42 Å². The Labute approximate surface area is 241 Å². The number of carbonyl (C=O) groups is 2. The number of ether oxygens (including phenoxy) is 1. The van der Waals surface area contributed by atoms with Crippen LogP contribution >= 0.6 is 11.6 Å². The van der Waals surface area contributed by atoms with Gasteiger partial charge in [-0.3, -0.25) is 13.9 Å². The van der Waals surface area contributed by atoms with E-state index in [1.165, 1.54) is 24.1 Å². The van der Waals surface area contributed by atoms with Gasteiger partial charge in [-0.1, -0.05) is 67.9 Å². The van der Waals surface area contributed by atoms with Crippen LogP contribution in [0.5, 0.6) is 5.75 Å². The fraction of sp³-hybridized carbons (Fsp3) is 0.333. The molecule has 0 bridgehead atoms. The third kappa shape index (κ3) is 7.55. The average molecular weight is 586 g/mol. The summed E-state index contributed by atoms with van der Waals surface area (Å²) in [6.07, 6.45) is 1.04. The molecule has 40 heavy (non-hydrogen) atoms. The summed E-state index contributed by atoms with van der Waals surface area (Å²) in [4.78, 5) is 28.9. The van der Waals surface area contributed by atoms with E-state index in [1.54, 1.807) is 66.7 Å². The molecule has 3 rings (SSSR count). The second-order valence-corrected chi connectivity index (χ2v) is 11.7. The van der Waals surface area contributed by atoms with Crippen molar-refractivity contribution in [2.24, 2.45) is 0 Å². The minimum Gasteiger partial charge on any atom is -0.497 e. The van der Waals surface area contributed by atoms with Crippen LogP contribution in [0.1, 0.15) is 39.2 Å². The molecule has 0 fully saturated rings. The van der Waals surface area contributed by atoms with E-state index >= 15 is 0 Å². The van der Waals surface area contributed by atoms with E-state index in [1.807, 2.05) is 20.8 Å². The van der Waals surface area contributed by atoms with E-state index in [-0.39, 0.29) is 29.1 Å². The Bertz CT molecular complexity index is 1400. The van der Waals surface area contributed by atoms with E-state index in [4.69, 9.17) is 16.3 Å². The summed E-state index contributed by atoms with van der Waals surface area (Å²) < 4.78 is 34.1. The highest BCUT2D eigenvalue weighted by Gasteiger charge is 2.34. The molecule has 0 aromatic heterocycles. The predicted octanol–water partition coefficient (Wildman–Crippen LogP) is 5.27. The zero-order valence-electron chi connectivity index (χ0n) is 23.2. The van der Waals surface area contributed by atoms with E-state index in [9.17, 15) is 18.0 Å². The summed E-state index contributed by atoms with van der Waals surface area (Å²) in [5.74, 6) is -0.421. The summed E-state index contributed by atoms with van der Waals surface area (Å²) >= 11 is 6.44. The number of carbonyl (C=O) groups excluding carboxylic acids is 2. The number of rotatable bonds is 13. The molecule has 0 heterocycles. The molecule has 1 N–H and O–H groups in total. The Balaban J connectivity index is 2.08. The lowest BCUT2D eigenvalue weighted by atomic mass is 10.1. The lowest BCUT2D eigenvalue weighted by Gasteiger charge is -2.34. The Hall–Kier alpha value is -3.56. The first kappa shape index (κ1) is 31.0. The molecule has 0 saturated heterocycles. The van der Waals surface area contributed by atoms with Crippen LogP contribution in [0.15, 0.2) is 83.8 Å². The molecule has 0 aliphatic carbocycles. The molecule has 8 nitrogen and oxygen atoms in total. The van der Waals surface area contributed by atoms with Crippen molar-refractivity contribution in [1.29, 1.82) is 0 Å². The van der Waals surface area contributed by atoms with Gasteiger partial charge in [-0.15, -0.1) is 0 Å². The Morgan fingerprint density at radius 2 is 1.62 bits per heavy atom. The maximum absolute atomic E-state index is 14.1. The standard InChI is InChI=1S/C30H36ClN3O5S/c1-5-22(3)32-30(36)28(6-2)33(20-23-13-10-11-18-27(23)31)29(35)21-34(24-14-12-15-25(19-24)39-4)40(37,38)26-16-8-7-9-17-26/h7-19,22,28H,5-6,20-21H2,1-4H3,(H,32,36)/t22-,28+/m0/s1. The molecule has 0 saturated carbocycles. The molecule has 3 aromatic carbocycles. The average Bonchev–Trinajstić information content (AvgIpc) is 2.96. The lowest BCUT2D eigenvalue weighted by molar-refractivity contribution is -0.140. The number of anilines is 1. The number of nitrogens with zero attached hydrogens (tertiary/aromatic N) is 2. The third-order valence-electron chi connectivity index (χ3n) is 6.64. The molecule has 0 spiro atoms. The van der Waals surface area contributed by atoms with Crippen LogP contribution in [0.2, 0.25) is 5.02 Å². The minimum atomic E-state index is -4.16. The molecule has 2 amide bonds. The number of hydrogen-bond donors (Lipinski definition) is 1. The maximum atomic E-state index is 14.1. The second kappa shape index (κ2) is 14.2. The highest BCUT2D eigenvalue weighted by atomic mass is 35.5. The first-order valence-electron chi connectivity index (χ1n) is 13.2. The summed E-state index contributed by atoms with van der Waals surface area (Å²) in [6.45, 7) is 5.15. The Kier molecular flexibility index (Phi) is 11.0. The number of nitrogens with one attached hydrogen (secondary N) is 1. The van der Waals surface area contributed by atoms with E-state index in [0.29, 0.717) is 22.8 Å². The quantitative estimate of drug-likeness (QED) is 0.295. The molecule has 0 radical (unpaired) electrons. The molecule has 0 unspecified atom stereocenters. The van der Waals surface area contributed by atoms with Gasteiger partial charge in [0, 0.05) is 23.7 Å². The van der Waals surface area contributed by atoms with Gasteiger partial charge in [0.1, 0.15) is 18.3 Å². The molecule has 0 aliphatic heterocycles. The van der Waals surface area contributed by atoms with Gasteiger partial charge >= 0.3 is 0 Å². The highest BCUT2D eigenvalue weighted by Crippen LogP contribution is 2.28. The van der Waals surface area contributed by atoms with Crippen molar-refractivity contribution < 1.29 is 22.7 Å². The number of hydrogen-bond acceptors (Lipinski definition) is 5. The zero-order valence-corrected chi connectivity index (χ0v) is 24.8. The maximum Gasteiger partial charge on any atom is 0.264 e. The van der Waals surface area contributed by atoms with E-state index in [2.05, 4.69) is 5.32 Å². The SMILES string of the molecule is CC[C@H](C(=O)N[C@@H](C)CC)N(Cc1ccccc1Cl)C(=O)CN(c1cccc(OC)c1)S(=O)(=O)c1ccccc1. The summed E-state index contributed by atoms with van der Waals surface area (Å²) in [6, 6.07) is 20.5. The van der Waals surface area contributed by atoms with Crippen molar-refractivity contribution in [1.82, 2.24) is 10.2 Å². The lowest BCUT2D eigenvalue weighted by Crippen LogP contribution is -2.53. The first-order valence-corrected chi connectivity index (χ1v) is 15.0. The summed E-state index contributed by atoms with van der Waals surface area (Å²) in [5, 5.41) is 3.40. The van der Waals surface area contributed by atoms with Crippen LogP contribution in [0, 0.1) is 0 Å². The van der Waals surface area contributed by atoms with Gasteiger partial charge in [0.2, 0.25) is 11.8 Å². The Morgan fingerprint density at radius 1 is 0.950 bits per heavy atom. The van der Waals surface area contributed by atoms with Crippen molar-refractivity contribution in [2.45, 2.75) is 57.1 Å². The van der Waals surface area contributed by atoms with Crippen molar-refractivity contribution in [3.8, 4) is 5.75 Å². The molecular weight excluding hydrogens is 550 g/mol. The van der Waals surface area contributed by atoms with E-state index in [0.717, 1.165) is 10.7 Å². The molecule has 10 heteroatoms. The fourth-order valence-corrected chi connectivity index (χ4v) is 5.81. The van der Waals surface area contributed by atoms with E-state index < -0.39 is 28.5 Å². The zero-order chi connectivity index (χ0) is 29.3. The van der Waals surface area contributed by atoms with Crippen LogP contribution in [0.25, 0.3) is 0 Å². The predicted molar refractivity (Wildman–Crippen MR) is 158 cm³/mol. The van der Waals surface area contributed by atoms with Crippen LogP contribution < -0.4 is 14.4 Å². The molecule has 0 aliphatic rings. The van der Waals surface area contributed by atoms with Crippen molar-refractivity contribution >= 4 is 39.1 Å². The highest BCUT2D eigenvalue weighted by molar-refractivity contribution is 7.92. The molecule has 214 valence electrons. The van der Waals surface area contributed by atoms with Gasteiger partial charge in [-0.2, -0.15) is 0 Å². The van der Waals surface area contributed by atoms with Gasteiger partial charge in [-0.05, 0) is 55.7 Å². The second-order valence-electron chi connectivity index (χ2n) is 9.38. The summed E-state index contributed by atoms with van der Waals surface area (Å²) in [5.41, 5.74) is 0.900. The monoisotopic (exact) mass is 585 g/mol. The molecular formula is C30H36ClN3O5S. The van der Waals surface area contributed by atoms with Crippen molar-refractivity contribution in [3.63, 3.8) is 0 Å². The van der Waals surface area contributed by atoms with Crippen LogP contribution in [0.3, 0.4) is 0 Å². The van der Waals surface area contributed by atoms with Gasteiger partial charge in [0.25, 0.3) is 10.0 Å². The number of halogens is 1. The van der Waals surface area contributed by atoms with Crippen LogP contribution in [-0.4, -0.2) is 50.9 Å². The largest absolute Gasteiger partial charge is 0.497 e. The van der Waals surface area contributed by atoms with Gasteiger partial charge < -0.3 is 15.0 Å². The van der Waals surface area contributed by atoms with Crippen LogP contribution in [0.4, 0.5) is 5.69 Å². The van der Waals surface area contributed by atoms with Gasteiger partial charge in [0.15, 0.2) is 0 Å². The first-order chi connectivity index (χ1) is 19.1. The number of benzene rings is 3. The fourth-order valence-electron chi connectivity index (χ4n) is 4.18. The minimum absolute atomic E-state index is 0.0300. The topological polar surface area (TPSA) is 96.0 Å². The number of sulfonamides is 1. The number of amides is 2. The Morgan fingerprint density at radius 3 is 2.25 bits per heavy atom. The smallest absolute Gasteiger partial charge is 0.264 e. The normalized spacial score (nSPS) is 12.7.